The van der Waals surface area contributed by atoms with Crippen molar-refractivity contribution in [3.8, 4) is 0 Å². The molecule has 1 aromatic rings. The van der Waals surface area contributed by atoms with Crippen molar-refractivity contribution in [2.75, 3.05) is 13.1 Å². The van der Waals surface area contributed by atoms with Gasteiger partial charge in [0.1, 0.15) is 18.1 Å². The molecule has 1 aliphatic rings. The highest BCUT2D eigenvalue weighted by Gasteiger charge is 2.27. The maximum atomic E-state index is 5.91. The summed E-state index contributed by atoms with van der Waals surface area (Å²) in [4.78, 5) is 0. The molecule has 1 N–H and O–H groups in total. The van der Waals surface area contributed by atoms with Gasteiger partial charge in [0.2, 0.25) is 0 Å². The number of rotatable bonds is 3. The summed E-state index contributed by atoms with van der Waals surface area (Å²) in [6, 6.07) is 3.95. The summed E-state index contributed by atoms with van der Waals surface area (Å²) in [5.41, 5.74) is -0.0288. The van der Waals surface area contributed by atoms with Crippen molar-refractivity contribution in [3.05, 3.63) is 23.7 Å². The molecule has 2 heterocycles. The predicted molar refractivity (Wildman–Crippen MR) is 58.7 cm³/mol. The monoisotopic (exact) mass is 209 g/mol. The Labute approximate surface area is 90.8 Å². The second kappa shape index (κ2) is 4.37. The summed E-state index contributed by atoms with van der Waals surface area (Å²) in [5, 5.41) is 3.36. The minimum Gasteiger partial charge on any atom is -0.464 e. The predicted octanol–water partition coefficient (Wildman–Crippen LogP) is 2.25. The summed E-state index contributed by atoms with van der Waals surface area (Å²) >= 11 is 0. The second-order valence-electron chi connectivity index (χ2n) is 4.53. The minimum absolute atomic E-state index is 0.0288. The Morgan fingerprint density at radius 1 is 1.53 bits per heavy atom. The molecule has 1 fully saturated rings. The van der Waals surface area contributed by atoms with Crippen molar-refractivity contribution in [1.29, 1.82) is 0 Å². The first-order valence-corrected chi connectivity index (χ1v) is 5.58. The van der Waals surface area contributed by atoms with Gasteiger partial charge in [0.15, 0.2) is 0 Å². The van der Waals surface area contributed by atoms with Crippen molar-refractivity contribution < 1.29 is 9.15 Å². The van der Waals surface area contributed by atoms with Crippen LogP contribution in [0.5, 0.6) is 0 Å². The molecular weight excluding hydrogens is 190 g/mol. The molecule has 3 heteroatoms. The van der Waals surface area contributed by atoms with Crippen molar-refractivity contribution in [2.24, 2.45) is 0 Å². The highest BCUT2D eigenvalue weighted by atomic mass is 16.5. The van der Waals surface area contributed by atoms with Gasteiger partial charge < -0.3 is 14.5 Å². The van der Waals surface area contributed by atoms with E-state index in [9.17, 15) is 0 Å². The maximum Gasteiger partial charge on any atom is 0.129 e. The molecule has 3 nitrogen and oxygen atoms in total. The van der Waals surface area contributed by atoms with Crippen LogP contribution in [0, 0.1) is 6.92 Å². The van der Waals surface area contributed by atoms with E-state index in [2.05, 4.69) is 12.2 Å². The second-order valence-corrected chi connectivity index (χ2v) is 4.53. The molecule has 1 unspecified atom stereocenters. The lowest BCUT2D eigenvalue weighted by Gasteiger charge is -2.33. The molecule has 0 bridgehead atoms. The van der Waals surface area contributed by atoms with E-state index in [0.29, 0.717) is 6.61 Å². The lowest BCUT2D eigenvalue weighted by molar-refractivity contribution is -0.0629. The van der Waals surface area contributed by atoms with E-state index in [4.69, 9.17) is 9.15 Å². The van der Waals surface area contributed by atoms with Gasteiger partial charge in [-0.05, 0) is 45.4 Å². The zero-order valence-corrected chi connectivity index (χ0v) is 9.51. The summed E-state index contributed by atoms with van der Waals surface area (Å²) in [6.45, 7) is 6.74. The lowest BCUT2D eigenvalue weighted by atomic mass is 9.96. The highest BCUT2D eigenvalue weighted by Crippen LogP contribution is 2.22. The van der Waals surface area contributed by atoms with E-state index in [1.54, 1.807) is 0 Å². The minimum atomic E-state index is -0.0288. The van der Waals surface area contributed by atoms with Gasteiger partial charge in [0, 0.05) is 6.54 Å². The molecule has 0 spiro atoms. The number of hydrogen-bond acceptors (Lipinski definition) is 3. The molecule has 0 aromatic carbocycles. The number of nitrogens with one attached hydrogen (secondary N) is 1. The topological polar surface area (TPSA) is 34.4 Å². The first kappa shape index (κ1) is 10.7. The molecular formula is C12H19NO2. The maximum absolute atomic E-state index is 5.91. The third-order valence-corrected chi connectivity index (χ3v) is 2.92. The van der Waals surface area contributed by atoms with Gasteiger partial charge in [-0.15, -0.1) is 0 Å². The molecule has 0 amide bonds. The van der Waals surface area contributed by atoms with E-state index in [-0.39, 0.29) is 5.60 Å². The number of ether oxygens (including phenoxy) is 1. The van der Waals surface area contributed by atoms with Crippen LogP contribution in [0.25, 0.3) is 0 Å². The molecule has 15 heavy (non-hydrogen) atoms. The Hall–Kier alpha value is -0.800. The average molecular weight is 209 g/mol. The zero-order valence-electron chi connectivity index (χ0n) is 9.51. The van der Waals surface area contributed by atoms with Crippen LogP contribution in [0.1, 0.15) is 31.3 Å². The third kappa shape index (κ3) is 2.83. The Kier molecular flexibility index (Phi) is 3.12. The summed E-state index contributed by atoms with van der Waals surface area (Å²) in [7, 11) is 0. The van der Waals surface area contributed by atoms with Gasteiger partial charge in [-0.1, -0.05) is 0 Å². The Morgan fingerprint density at radius 2 is 2.40 bits per heavy atom. The number of furan rings is 1. The van der Waals surface area contributed by atoms with Crippen LogP contribution in [0.4, 0.5) is 0 Å². The first-order valence-electron chi connectivity index (χ1n) is 5.58. The molecule has 0 saturated carbocycles. The molecule has 1 atom stereocenters. The van der Waals surface area contributed by atoms with Gasteiger partial charge in [0.05, 0.1) is 5.60 Å². The first-order chi connectivity index (χ1) is 7.18. The molecule has 0 aliphatic carbocycles. The smallest absolute Gasteiger partial charge is 0.129 e. The van der Waals surface area contributed by atoms with E-state index in [0.717, 1.165) is 31.0 Å². The van der Waals surface area contributed by atoms with E-state index < -0.39 is 0 Å². The van der Waals surface area contributed by atoms with Crippen molar-refractivity contribution in [3.63, 3.8) is 0 Å². The number of hydrogen-bond donors (Lipinski definition) is 1. The lowest BCUT2D eigenvalue weighted by Crippen LogP contribution is -2.45. The summed E-state index contributed by atoms with van der Waals surface area (Å²) < 4.78 is 11.4. The van der Waals surface area contributed by atoms with Gasteiger partial charge in [-0.2, -0.15) is 0 Å². The van der Waals surface area contributed by atoms with Crippen molar-refractivity contribution in [2.45, 2.75) is 38.9 Å². The van der Waals surface area contributed by atoms with Crippen LogP contribution >= 0.6 is 0 Å². The van der Waals surface area contributed by atoms with E-state index in [1.807, 2.05) is 19.1 Å². The molecule has 2 rings (SSSR count). The summed E-state index contributed by atoms with van der Waals surface area (Å²) in [6.07, 6.45) is 2.31. The van der Waals surface area contributed by atoms with Gasteiger partial charge in [-0.25, -0.2) is 0 Å². The zero-order chi connectivity index (χ0) is 10.7. The van der Waals surface area contributed by atoms with E-state index in [1.165, 1.54) is 6.42 Å². The Bertz CT molecular complexity index is 313. The number of aryl methyl sites for hydroxylation is 1. The quantitative estimate of drug-likeness (QED) is 0.829. The van der Waals surface area contributed by atoms with Crippen LogP contribution in [0.2, 0.25) is 0 Å². The van der Waals surface area contributed by atoms with Gasteiger partial charge >= 0.3 is 0 Å². The van der Waals surface area contributed by atoms with Crippen LogP contribution in [0.3, 0.4) is 0 Å². The van der Waals surface area contributed by atoms with Crippen molar-refractivity contribution in [1.82, 2.24) is 5.32 Å². The molecule has 1 aromatic heterocycles. The van der Waals surface area contributed by atoms with E-state index >= 15 is 0 Å². The van der Waals surface area contributed by atoms with Crippen LogP contribution in [0.15, 0.2) is 16.5 Å². The normalized spacial score (nSPS) is 26.8. The average Bonchev–Trinajstić information content (AvgIpc) is 2.63. The fraction of sp³-hybridized carbons (Fsp3) is 0.667. The van der Waals surface area contributed by atoms with Crippen molar-refractivity contribution >= 4 is 0 Å². The molecule has 1 saturated heterocycles. The van der Waals surface area contributed by atoms with Gasteiger partial charge in [-0.3, -0.25) is 0 Å². The number of piperidine rings is 1. The fourth-order valence-electron chi connectivity index (χ4n) is 1.96. The molecule has 1 aliphatic heterocycles. The SMILES string of the molecule is Cc1ccc(COC2(C)CCCNC2)o1. The Morgan fingerprint density at radius 3 is 3.00 bits per heavy atom. The molecule has 84 valence electrons. The Balaban J connectivity index is 1.86. The highest BCUT2D eigenvalue weighted by molar-refractivity contribution is 5.04. The summed E-state index contributed by atoms with van der Waals surface area (Å²) in [5.74, 6) is 1.86. The largest absolute Gasteiger partial charge is 0.464 e. The molecule has 0 radical (unpaired) electrons. The van der Waals surface area contributed by atoms with Crippen LogP contribution in [-0.4, -0.2) is 18.7 Å². The van der Waals surface area contributed by atoms with Gasteiger partial charge in [0.25, 0.3) is 0 Å². The van der Waals surface area contributed by atoms with Crippen LogP contribution in [-0.2, 0) is 11.3 Å². The van der Waals surface area contributed by atoms with Crippen LogP contribution < -0.4 is 5.32 Å². The standard InChI is InChI=1S/C12H19NO2/c1-10-4-5-11(15-10)8-14-12(2)6-3-7-13-9-12/h4-5,13H,3,6-9H2,1-2H3. The fourth-order valence-corrected chi connectivity index (χ4v) is 1.96. The third-order valence-electron chi connectivity index (χ3n) is 2.92.